The van der Waals surface area contributed by atoms with E-state index in [1.54, 1.807) is 12.1 Å². The molecule has 2 N–H and O–H groups in total. The van der Waals surface area contributed by atoms with E-state index in [1.807, 2.05) is 0 Å². The highest BCUT2D eigenvalue weighted by Crippen LogP contribution is 2.42. The molecule has 0 bridgehead atoms. The largest absolute Gasteiger partial charge is 0.489 e. The van der Waals surface area contributed by atoms with E-state index in [1.165, 1.54) is 0 Å². The lowest BCUT2D eigenvalue weighted by molar-refractivity contribution is 0.140. The van der Waals surface area contributed by atoms with E-state index in [0.29, 0.717) is 47.0 Å². The van der Waals surface area contributed by atoms with E-state index in [0.717, 1.165) is 0 Å². The highest BCUT2D eigenvalue weighted by atomic mass is 35.5. The number of aromatic nitrogens is 2. The maximum atomic E-state index is 6.29. The summed E-state index contributed by atoms with van der Waals surface area (Å²) >= 11 is 6.29. The molecule has 7 heteroatoms. The van der Waals surface area contributed by atoms with E-state index in [4.69, 9.17) is 31.3 Å². The second-order valence-electron chi connectivity index (χ2n) is 5.74. The Balaban J connectivity index is 1.99. The van der Waals surface area contributed by atoms with Crippen LogP contribution in [0, 0.1) is 5.41 Å². The summed E-state index contributed by atoms with van der Waals surface area (Å²) in [5, 5.41) is 4.34. The van der Waals surface area contributed by atoms with Crippen LogP contribution in [0.25, 0.3) is 11.4 Å². The van der Waals surface area contributed by atoms with Crippen LogP contribution in [0.3, 0.4) is 0 Å². The maximum Gasteiger partial charge on any atom is 0.240 e. The first-order chi connectivity index (χ1) is 9.98. The summed E-state index contributed by atoms with van der Waals surface area (Å²) in [4.78, 5) is 4.18. The Kier molecular flexibility index (Phi) is 3.51. The zero-order valence-electron chi connectivity index (χ0n) is 11.9. The van der Waals surface area contributed by atoms with Crippen molar-refractivity contribution in [2.75, 3.05) is 13.2 Å². The minimum atomic E-state index is -0.0820. The third-order valence-electron chi connectivity index (χ3n) is 3.14. The van der Waals surface area contributed by atoms with Crippen LogP contribution in [0.2, 0.25) is 5.02 Å². The first-order valence-electron chi connectivity index (χ1n) is 6.61. The smallest absolute Gasteiger partial charge is 0.240 e. The number of benzene rings is 1. The number of nitrogens with two attached hydrogens (primary N) is 1. The summed E-state index contributed by atoms with van der Waals surface area (Å²) in [5.74, 6) is 1.93. The predicted molar refractivity (Wildman–Crippen MR) is 77.4 cm³/mol. The van der Waals surface area contributed by atoms with Gasteiger partial charge in [-0.25, -0.2) is 0 Å². The molecule has 0 fully saturated rings. The molecular formula is C14H16ClN3O3. The van der Waals surface area contributed by atoms with Crippen LogP contribution in [0.1, 0.15) is 19.7 Å². The molecule has 3 rings (SSSR count). The average Bonchev–Trinajstić information content (AvgIpc) is 2.86. The molecule has 0 spiro atoms. The van der Waals surface area contributed by atoms with Crippen molar-refractivity contribution in [1.29, 1.82) is 0 Å². The quantitative estimate of drug-likeness (QED) is 0.918. The number of nitrogens with zero attached hydrogens (tertiary/aromatic N) is 2. The molecule has 0 amide bonds. The van der Waals surface area contributed by atoms with Gasteiger partial charge in [0, 0.05) is 11.0 Å². The fourth-order valence-corrected chi connectivity index (χ4v) is 2.25. The van der Waals surface area contributed by atoms with Gasteiger partial charge in [-0.2, -0.15) is 4.98 Å². The van der Waals surface area contributed by atoms with Crippen molar-refractivity contribution in [2.45, 2.75) is 20.4 Å². The summed E-state index contributed by atoms with van der Waals surface area (Å²) in [6.07, 6.45) is 0. The molecule has 0 unspecified atom stereocenters. The zero-order valence-corrected chi connectivity index (χ0v) is 12.6. The van der Waals surface area contributed by atoms with Gasteiger partial charge in [0.15, 0.2) is 11.5 Å². The van der Waals surface area contributed by atoms with Gasteiger partial charge in [0.25, 0.3) is 0 Å². The minimum absolute atomic E-state index is 0.0820. The Bertz CT molecular complexity index is 669. The third-order valence-corrected chi connectivity index (χ3v) is 3.42. The van der Waals surface area contributed by atoms with Crippen molar-refractivity contribution in [1.82, 2.24) is 10.1 Å². The SMILES string of the molecule is CC1(C)COc2cc(-c3noc(CN)n3)cc(Cl)c2OC1. The molecule has 112 valence electrons. The minimum Gasteiger partial charge on any atom is -0.489 e. The highest BCUT2D eigenvalue weighted by Gasteiger charge is 2.27. The van der Waals surface area contributed by atoms with Crippen LogP contribution in [0.15, 0.2) is 16.7 Å². The average molecular weight is 310 g/mol. The monoisotopic (exact) mass is 309 g/mol. The van der Waals surface area contributed by atoms with Crippen LogP contribution in [0.4, 0.5) is 0 Å². The van der Waals surface area contributed by atoms with Crippen molar-refractivity contribution in [3.63, 3.8) is 0 Å². The lowest BCUT2D eigenvalue weighted by Crippen LogP contribution is -2.26. The van der Waals surface area contributed by atoms with E-state index < -0.39 is 0 Å². The lowest BCUT2D eigenvalue weighted by Gasteiger charge is -2.19. The van der Waals surface area contributed by atoms with Gasteiger partial charge in [-0.05, 0) is 12.1 Å². The topological polar surface area (TPSA) is 83.4 Å². The van der Waals surface area contributed by atoms with Gasteiger partial charge in [0.2, 0.25) is 11.7 Å². The van der Waals surface area contributed by atoms with E-state index >= 15 is 0 Å². The first-order valence-corrected chi connectivity index (χ1v) is 6.98. The fourth-order valence-electron chi connectivity index (χ4n) is 1.98. The van der Waals surface area contributed by atoms with Gasteiger partial charge in [0.1, 0.15) is 0 Å². The number of halogens is 1. The molecule has 2 aromatic rings. The van der Waals surface area contributed by atoms with E-state index in [9.17, 15) is 0 Å². The Hall–Kier alpha value is -1.79. The van der Waals surface area contributed by atoms with Gasteiger partial charge < -0.3 is 19.7 Å². The second-order valence-corrected chi connectivity index (χ2v) is 6.15. The van der Waals surface area contributed by atoms with Crippen molar-refractivity contribution in [3.05, 3.63) is 23.0 Å². The molecule has 21 heavy (non-hydrogen) atoms. The highest BCUT2D eigenvalue weighted by molar-refractivity contribution is 6.32. The number of hydrogen-bond acceptors (Lipinski definition) is 6. The molecule has 1 aromatic heterocycles. The van der Waals surface area contributed by atoms with Gasteiger partial charge in [-0.3, -0.25) is 0 Å². The molecule has 0 atom stereocenters. The van der Waals surface area contributed by atoms with Crippen LogP contribution in [-0.4, -0.2) is 23.4 Å². The van der Waals surface area contributed by atoms with Crippen LogP contribution in [-0.2, 0) is 6.54 Å². The molecule has 1 aliphatic heterocycles. The number of ether oxygens (including phenoxy) is 2. The normalized spacial score (nSPS) is 16.6. The summed E-state index contributed by atoms with van der Waals surface area (Å²) in [5.41, 5.74) is 6.08. The fraction of sp³-hybridized carbons (Fsp3) is 0.429. The molecule has 6 nitrogen and oxygen atoms in total. The molecule has 0 radical (unpaired) electrons. The predicted octanol–water partition coefficient (Wildman–Crippen LogP) is 2.65. The molecule has 1 aromatic carbocycles. The summed E-state index contributed by atoms with van der Waals surface area (Å²) < 4.78 is 16.6. The summed E-state index contributed by atoms with van der Waals surface area (Å²) in [7, 11) is 0. The molecule has 0 saturated heterocycles. The van der Waals surface area contributed by atoms with Crippen molar-refractivity contribution >= 4 is 11.6 Å². The van der Waals surface area contributed by atoms with Crippen molar-refractivity contribution < 1.29 is 14.0 Å². The zero-order chi connectivity index (χ0) is 15.0. The molecule has 1 aliphatic rings. The maximum absolute atomic E-state index is 6.29. The Labute approximate surface area is 127 Å². The lowest BCUT2D eigenvalue weighted by atomic mass is 9.97. The van der Waals surface area contributed by atoms with E-state index in [2.05, 4.69) is 24.0 Å². The molecular weight excluding hydrogens is 294 g/mol. The van der Waals surface area contributed by atoms with Gasteiger partial charge >= 0.3 is 0 Å². The van der Waals surface area contributed by atoms with Crippen LogP contribution in [0.5, 0.6) is 11.5 Å². The van der Waals surface area contributed by atoms with Gasteiger partial charge in [0.05, 0.1) is 24.8 Å². The third kappa shape index (κ3) is 2.82. The Morgan fingerprint density at radius 1 is 1.29 bits per heavy atom. The second kappa shape index (κ2) is 5.20. The molecule has 0 aliphatic carbocycles. The number of fused-ring (bicyclic) bond motifs is 1. The van der Waals surface area contributed by atoms with Gasteiger partial charge in [-0.1, -0.05) is 30.6 Å². The summed E-state index contributed by atoms with van der Waals surface area (Å²) in [6, 6.07) is 3.53. The number of hydrogen-bond donors (Lipinski definition) is 1. The molecule has 0 saturated carbocycles. The van der Waals surface area contributed by atoms with Crippen molar-refractivity contribution in [3.8, 4) is 22.9 Å². The number of rotatable bonds is 2. The van der Waals surface area contributed by atoms with Crippen LogP contribution < -0.4 is 15.2 Å². The Morgan fingerprint density at radius 2 is 2.05 bits per heavy atom. The first kappa shape index (κ1) is 14.2. The molecule has 2 heterocycles. The summed E-state index contributed by atoms with van der Waals surface area (Å²) in [6.45, 7) is 5.42. The van der Waals surface area contributed by atoms with E-state index in [-0.39, 0.29) is 12.0 Å². The standard InChI is InChI=1S/C14H16ClN3O3/c1-14(2)6-19-10-4-8(3-9(15)12(10)20-7-14)13-17-11(5-16)21-18-13/h3-4H,5-7,16H2,1-2H3. The van der Waals surface area contributed by atoms with Crippen molar-refractivity contribution in [2.24, 2.45) is 11.1 Å². The van der Waals surface area contributed by atoms with Crippen LogP contribution >= 0.6 is 11.6 Å². The Morgan fingerprint density at radius 3 is 2.76 bits per heavy atom. The van der Waals surface area contributed by atoms with Gasteiger partial charge in [-0.15, -0.1) is 0 Å².